The van der Waals surface area contributed by atoms with Gasteiger partial charge in [0, 0.05) is 13.1 Å². The molecule has 0 spiro atoms. The average Bonchev–Trinajstić information content (AvgIpc) is 2.45. The maximum absolute atomic E-state index is 12.5. The highest BCUT2D eigenvalue weighted by atomic mass is 35.5. The van der Waals surface area contributed by atoms with Gasteiger partial charge in [0.05, 0.1) is 11.2 Å². The van der Waals surface area contributed by atoms with E-state index in [0.717, 1.165) is 39.0 Å². The molecule has 1 saturated carbocycles. The van der Waals surface area contributed by atoms with Crippen LogP contribution in [0, 0.1) is 11.8 Å². The summed E-state index contributed by atoms with van der Waals surface area (Å²) in [5, 5.41) is 11.2. The minimum Gasteiger partial charge on any atom is -0.379 e. The average molecular weight is 311 g/mol. The fraction of sp³-hybridized carbons (Fsp3) is 0.733. The van der Waals surface area contributed by atoms with Crippen LogP contribution in [0.2, 0.25) is 5.02 Å². The van der Waals surface area contributed by atoms with Crippen LogP contribution in [0.1, 0.15) is 32.1 Å². The molecule has 21 heavy (non-hydrogen) atoms. The second-order valence-electron chi connectivity index (χ2n) is 6.23. The first kappa shape index (κ1) is 14.9. The van der Waals surface area contributed by atoms with Gasteiger partial charge in [0.15, 0.2) is 0 Å². The summed E-state index contributed by atoms with van der Waals surface area (Å²) in [4.78, 5) is 12.5. The van der Waals surface area contributed by atoms with Crippen molar-refractivity contribution >= 4 is 17.3 Å². The maximum atomic E-state index is 12.5. The van der Waals surface area contributed by atoms with Crippen molar-refractivity contribution < 1.29 is 0 Å². The molecule has 2 aliphatic rings. The van der Waals surface area contributed by atoms with Gasteiger partial charge >= 0.3 is 0 Å². The van der Waals surface area contributed by atoms with Crippen molar-refractivity contribution in [3.8, 4) is 0 Å². The first-order valence-electron chi connectivity index (χ1n) is 7.94. The SMILES string of the molecule is O=c1c(NCC2CCNCC2)c(Cl)cnn1CC1CCC1. The predicted octanol–water partition coefficient (Wildman–Crippen LogP) is 2.11. The summed E-state index contributed by atoms with van der Waals surface area (Å²) < 4.78 is 1.57. The topological polar surface area (TPSA) is 59.0 Å². The molecule has 2 fully saturated rings. The third kappa shape index (κ3) is 3.58. The summed E-state index contributed by atoms with van der Waals surface area (Å²) in [6.07, 6.45) is 7.56. The molecule has 5 nitrogen and oxygen atoms in total. The summed E-state index contributed by atoms with van der Waals surface area (Å²) in [7, 11) is 0. The summed E-state index contributed by atoms with van der Waals surface area (Å²) in [5.41, 5.74) is 0.438. The van der Waals surface area contributed by atoms with Crippen molar-refractivity contribution in [1.82, 2.24) is 15.1 Å². The predicted molar refractivity (Wildman–Crippen MR) is 84.9 cm³/mol. The summed E-state index contributed by atoms with van der Waals surface area (Å²) in [6.45, 7) is 3.65. The Hall–Kier alpha value is -1.07. The molecule has 3 rings (SSSR count). The normalized spacial score (nSPS) is 20.2. The van der Waals surface area contributed by atoms with Gasteiger partial charge in [-0.25, -0.2) is 4.68 Å². The Bertz CT molecular complexity index is 535. The molecule has 0 atom stereocenters. The Morgan fingerprint density at radius 2 is 2.05 bits per heavy atom. The van der Waals surface area contributed by atoms with Crippen LogP contribution in [0.15, 0.2) is 11.0 Å². The number of halogens is 1. The van der Waals surface area contributed by atoms with E-state index < -0.39 is 0 Å². The molecule has 1 aromatic heterocycles. The number of nitrogens with one attached hydrogen (secondary N) is 2. The molecule has 0 bridgehead atoms. The van der Waals surface area contributed by atoms with Crippen LogP contribution in [0.4, 0.5) is 5.69 Å². The Balaban J connectivity index is 1.67. The Morgan fingerprint density at radius 3 is 2.71 bits per heavy atom. The molecule has 0 aromatic carbocycles. The van der Waals surface area contributed by atoms with Crippen molar-refractivity contribution in [2.24, 2.45) is 11.8 Å². The van der Waals surface area contributed by atoms with Gasteiger partial charge in [-0.1, -0.05) is 18.0 Å². The summed E-state index contributed by atoms with van der Waals surface area (Å²) in [6, 6.07) is 0. The van der Waals surface area contributed by atoms with Crippen molar-refractivity contribution in [2.45, 2.75) is 38.6 Å². The zero-order valence-corrected chi connectivity index (χ0v) is 13.0. The van der Waals surface area contributed by atoms with E-state index in [2.05, 4.69) is 15.7 Å². The first-order chi connectivity index (χ1) is 10.2. The van der Waals surface area contributed by atoms with E-state index >= 15 is 0 Å². The van der Waals surface area contributed by atoms with E-state index in [9.17, 15) is 4.79 Å². The van der Waals surface area contributed by atoms with Gasteiger partial charge in [0.25, 0.3) is 5.56 Å². The first-order valence-corrected chi connectivity index (χ1v) is 8.32. The van der Waals surface area contributed by atoms with Gasteiger partial charge in [0.1, 0.15) is 5.69 Å². The molecular formula is C15H23ClN4O. The quantitative estimate of drug-likeness (QED) is 0.874. The van der Waals surface area contributed by atoms with Gasteiger partial charge in [-0.3, -0.25) is 4.79 Å². The number of piperidine rings is 1. The molecule has 116 valence electrons. The lowest BCUT2D eigenvalue weighted by Crippen LogP contribution is -2.34. The largest absolute Gasteiger partial charge is 0.379 e. The van der Waals surface area contributed by atoms with E-state index in [1.807, 2.05) is 0 Å². The van der Waals surface area contributed by atoms with Crippen LogP contribution in [0.3, 0.4) is 0 Å². The molecule has 0 amide bonds. The molecule has 0 radical (unpaired) electrons. The zero-order valence-electron chi connectivity index (χ0n) is 12.3. The van der Waals surface area contributed by atoms with E-state index in [1.54, 1.807) is 10.9 Å². The third-order valence-electron chi connectivity index (χ3n) is 4.68. The van der Waals surface area contributed by atoms with Crippen molar-refractivity contribution in [2.75, 3.05) is 25.0 Å². The fourth-order valence-corrected chi connectivity index (χ4v) is 3.20. The Morgan fingerprint density at radius 1 is 1.29 bits per heavy atom. The van der Waals surface area contributed by atoms with Crippen LogP contribution in [-0.4, -0.2) is 29.4 Å². The molecular weight excluding hydrogens is 288 g/mol. The summed E-state index contributed by atoms with van der Waals surface area (Å²) in [5.74, 6) is 1.21. The van der Waals surface area contributed by atoms with E-state index in [1.165, 1.54) is 19.3 Å². The van der Waals surface area contributed by atoms with E-state index in [0.29, 0.717) is 22.5 Å². The molecule has 1 saturated heterocycles. The number of hydrogen-bond donors (Lipinski definition) is 2. The number of anilines is 1. The molecule has 1 aromatic rings. The van der Waals surface area contributed by atoms with Crippen LogP contribution >= 0.6 is 11.6 Å². The fourth-order valence-electron chi connectivity index (χ4n) is 3.01. The second-order valence-corrected chi connectivity index (χ2v) is 6.63. The lowest BCUT2D eigenvalue weighted by Gasteiger charge is -2.26. The lowest BCUT2D eigenvalue weighted by molar-refractivity contribution is 0.262. The minimum absolute atomic E-state index is 0.0802. The third-order valence-corrected chi connectivity index (χ3v) is 4.97. The molecule has 0 unspecified atom stereocenters. The van der Waals surface area contributed by atoms with E-state index in [-0.39, 0.29) is 5.56 Å². The molecule has 2 heterocycles. The minimum atomic E-state index is -0.0802. The van der Waals surface area contributed by atoms with E-state index in [4.69, 9.17) is 11.6 Å². The monoisotopic (exact) mass is 310 g/mol. The second kappa shape index (κ2) is 6.79. The van der Waals surface area contributed by atoms with Gasteiger partial charge in [-0.15, -0.1) is 0 Å². The Labute approximate surface area is 130 Å². The van der Waals surface area contributed by atoms with Crippen molar-refractivity contribution in [1.29, 1.82) is 0 Å². The van der Waals surface area contributed by atoms with Crippen LogP contribution in [-0.2, 0) is 6.54 Å². The Kier molecular flexibility index (Phi) is 4.80. The highest BCUT2D eigenvalue weighted by Crippen LogP contribution is 2.27. The maximum Gasteiger partial charge on any atom is 0.291 e. The van der Waals surface area contributed by atoms with Crippen molar-refractivity contribution in [3.05, 3.63) is 21.6 Å². The number of hydrogen-bond acceptors (Lipinski definition) is 4. The standard InChI is InChI=1S/C15H23ClN4O/c16-13-9-19-20(10-12-2-1-3-12)15(21)14(13)18-8-11-4-6-17-7-5-11/h9,11-12,17-18H,1-8,10H2. The number of nitrogens with zero attached hydrogens (tertiary/aromatic N) is 2. The number of rotatable bonds is 5. The molecule has 6 heteroatoms. The van der Waals surface area contributed by atoms with Gasteiger partial charge in [0.2, 0.25) is 0 Å². The van der Waals surface area contributed by atoms with Gasteiger partial charge in [-0.05, 0) is 50.6 Å². The van der Waals surface area contributed by atoms with Crippen LogP contribution < -0.4 is 16.2 Å². The van der Waals surface area contributed by atoms with Crippen molar-refractivity contribution in [3.63, 3.8) is 0 Å². The highest BCUT2D eigenvalue weighted by molar-refractivity contribution is 6.32. The molecule has 2 N–H and O–H groups in total. The zero-order chi connectivity index (χ0) is 14.7. The molecule has 1 aliphatic heterocycles. The highest BCUT2D eigenvalue weighted by Gasteiger charge is 2.20. The molecule has 1 aliphatic carbocycles. The van der Waals surface area contributed by atoms with Gasteiger partial charge < -0.3 is 10.6 Å². The number of aromatic nitrogens is 2. The summed E-state index contributed by atoms with van der Waals surface area (Å²) >= 11 is 6.15. The van der Waals surface area contributed by atoms with Crippen LogP contribution in [0.25, 0.3) is 0 Å². The van der Waals surface area contributed by atoms with Crippen LogP contribution in [0.5, 0.6) is 0 Å². The smallest absolute Gasteiger partial charge is 0.291 e. The lowest BCUT2D eigenvalue weighted by atomic mass is 9.85. The van der Waals surface area contributed by atoms with Gasteiger partial charge in [-0.2, -0.15) is 5.10 Å².